The Hall–Kier alpha value is -0.880. The molecule has 1 aliphatic rings. The second-order valence-electron chi connectivity index (χ2n) is 2.97. The molecule has 2 rings (SSSR count). The predicted octanol–water partition coefficient (Wildman–Crippen LogP) is -0.0655. The van der Waals surface area contributed by atoms with Crippen LogP contribution in [0.15, 0.2) is 11.1 Å². The number of nitrogens with one attached hydrogen (secondary N) is 1. The third-order valence-electron chi connectivity index (χ3n) is 1.92. The molecule has 0 aliphatic heterocycles. The van der Waals surface area contributed by atoms with E-state index in [1.54, 1.807) is 0 Å². The molecule has 0 atom stereocenters. The topological polar surface area (TPSA) is 88.8 Å². The fourth-order valence-corrected chi connectivity index (χ4v) is 1.89. The Kier molecular flexibility index (Phi) is 1.49. The smallest absolute Gasteiger partial charge is 0.241 e. The van der Waals surface area contributed by atoms with Crippen LogP contribution in [0.25, 0.3) is 0 Å². The van der Waals surface area contributed by atoms with Crippen LogP contribution in [-0.2, 0) is 10.0 Å². The quantitative estimate of drug-likeness (QED) is 0.679. The Balaban J connectivity index is 2.49. The van der Waals surface area contributed by atoms with Crippen LogP contribution in [0.1, 0.15) is 24.5 Å². The van der Waals surface area contributed by atoms with Crippen molar-refractivity contribution in [2.24, 2.45) is 5.14 Å². The van der Waals surface area contributed by atoms with Crippen molar-refractivity contribution >= 4 is 10.0 Å². The molecule has 5 nitrogen and oxygen atoms in total. The summed E-state index contributed by atoms with van der Waals surface area (Å²) in [7, 11) is -3.59. The lowest BCUT2D eigenvalue weighted by Crippen LogP contribution is -2.13. The molecule has 3 N–H and O–H groups in total. The van der Waals surface area contributed by atoms with E-state index in [1.165, 1.54) is 6.20 Å². The highest BCUT2D eigenvalue weighted by Gasteiger charge is 2.30. The summed E-state index contributed by atoms with van der Waals surface area (Å²) < 4.78 is 21.9. The van der Waals surface area contributed by atoms with E-state index >= 15 is 0 Å². The molecule has 0 amide bonds. The number of aromatic amines is 1. The number of sulfonamides is 1. The predicted molar refractivity (Wildman–Crippen MR) is 41.9 cm³/mol. The van der Waals surface area contributed by atoms with Gasteiger partial charge >= 0.3 is 0 Å². The fourth-order valence-electron chi connectivity index (χ4n) is 1.18. The Bertz CT molecular complexity index is 391. The second kappa shape index (κ2) is 2.30. The van der Waals surface area contributed by atoms with Gasteiger partial charge in [-0.3, -0.25) is 5.10 Å². The molecule has 1 fully saturated rings. The summed E-state index contributed by atoms with van der Waals surface area (Å²) in [5, 5.41) is 11.3. The Labute approximate surface area is 70.0 Å². The van der Waals surface area contributed by atoms with E-state index in [2.05, 4.69) is 10.2 Å². The van der Waals surface area contributed by atoms with Gasteiger partial charge in [-0.1, -0.05) is 0 Å². The van der Waals surface area contributed by atoms with Crippen molar-refractivity contribution in [2.75, 3.05) is 0 Å². The maximum absolute atomic E-state index is 11.0. The third kappa shape index (κ3) is 1.23. The van der Waals surface area contributed by atoms with E-state index in [-0.39, 0.29) is 4.90 Å². The molecule has 1 aromatic heterocycles. The number of H-pyrrole nitrogens is 1. The molecular weight excluding hydrogens is 178 g/mol. The number of aromatic nitrogens is 2. The van der Waals surface area contributed by atoms with Gasteiger partial charge in [-0.15, -0.1) is 0 Å². The van der Waals surface area contributed by atoms with Crippen molar-refractivity contribution in [1.82, 2.24) is 10.2 Å². The first-order valence-corrected chi connectivity index (χ1v) is 5.20. The average Bonchev–Trinajstić information content (AvgIpc) is 2.65. The number of rotatable bonds is 2. The summed E-state index contributed by atoms with van der Waals surface area (Å²) in [6.07, 6.45) is 3.30. The minimum atomic E-state index is -3.59. The number of hydrogen-bond donors (Lipinski definition) is 2. The summed E-state index contributed by atoms with van der Waals surface area (Å²) in [4.78, 5) is 0.144. The second-order valence-corrected chi connectivity index (χ2v) is 4.50. The molecule has 1 heterocycles. The Morgan fingerprint density at radius 2 is 2.25 bits per heavy atom. The molecule has 1 aliphatic carbocycles. The zero-order chi connectivity index (χ0) is 8.77. The lowest BCUT2D eigenvalue weighted by molar-refractivity contribution is 0.596. The Morgan fingerprint density at radius 3 is 2.75 bits per heavy atom. The van der Waals surface area contributed by atoms with Crippen molar-refractivity contribution in [3.05, 3.63) is 11.9 Å². The van der Waals surface area contributed by atoms with Gasteiger partial charge in [0.2, 0.25) is 10.0 Å². The van der Waals surface area contributed by atoms with E-state index in [1.807, 2.05) is 0 Å². The maximum Gasteiger partial charge on any atom is 0.241 e. The number of primary sulfonamides is 1. The van der Waals surface area contributed by atoms with Crippen molar-refractivity contribution in [3.63, 3.8) is 0 Å². The van der Waals surface area contributed by atoms with Crippen LogP contribution in [0.2, 0.25) is 0 Å². The SMILES string of the molecule is NS(=O)(=O)c1cn[nH]c1C1CC1. The summed E-state index contributed by atoms with van der Waals surface area (Å²) in [6.45, 7) is 0. The molecule has 0 spiro atoms. The highest BCUT2D eigenvalue weighted by molar-refractivity contribution is 7.89. The minimum Gasteiger partial charge on any atom is -0.281 e. The van der Waals surface area contributed by atoms with Crippen LogP contribution in [0, 0.1) is 0 Å². The van der Waals surface area contributed by atoms with Crippen molar-refractivity contribution in [1.29, 1.82) is 0 Å². The molecule has 12 heavy (non-hydrogen) atoms. The molecule has 66 valence electrons. The van der Waals surface area contributed by atoms with E-state index in [9.17, 15) is 8.42 Å². The number of nitrogens with zero attached hydrogens (tertiary/aromatic N) is 1. The number of nitrogens with two attached hydrogens (primary N) is 1. The van der Waals surface area contributed by atoms with Gasteiger partial charge in [0.25, 0.3) is 0 Å². The molecule has 0 bridgehead atoms. The van der Waals surface area contributed by atoms with Crippen LogP contribution >= 0.6 is 0 Å². The molecule has 0 radical (unpaired) electrons. The van der Waals surface area contributed by atoms with Crippen molar-refractivity contribution in [3.8, 4) is 0 Å². The normalized spacial score (nSPS) is 18.1. The fraction of sp³-hybridized carbons (Fsp3) is 0.500. The first-order chi connectivity index (χ1) is 5.59. The van der Waals surface area contributed by atoms with Gasteiger partial charge in [0.1, 0.15) is 4.90 Å². The maximum atomic E-state index is 11.0. The third-order valence-corrected chi connectivity index (χ3v) is 2.86. The molecule has 1 aromatic rings. The molecule has 0 saturated heterocycles. The van der Waals surface area contributed by atoms with E-state index < -0.39 is 10.0 Å². The highest BCUT2D eigenvalue weighted by Crippen LogP contribution is 2.41. The average molecular weight is 187 g/mol. The summed E-state index contributed by atoms with van der Waals surface area (Å²) in [5.74, 6) is 0.320. The first kappa shape index (κ1) is 7.75. The summed E-state index contributed by atoms with van der Waals surface area (Å²) >= 11 is 0. The number of hydrogen-bond acceptors (Lipinski definition) is 3. The molecule has 0 unspecified atom stereocenters. The lowest BCUT2D eigenvalue weighted by Gasteiger charge is -1.96. The minimum absolute atomic E-state index is 0.144. The first-order valence-electron chi connectivity index (χ1n) is 3.65. The van der Waals surface area contributed by atoms with Gasteiger partial charge in [-0.25, -0.2) is 13.6 Å². The monoisotopic (exact) mass is 187 g/mol. The van der Waals surface area contributed by atoms with E-state index in [0.717, 1.165) is 12.8 Å². The molecule has 0 aromatic carbocycles. The van der Waals surface area contributed by atoms with Gasteiger partial charge in [0.15, 0.2) is 0 Å². The molecule has 1 saturated carbocycles. The molecule has 6 heteroatoms. The van der Waals surface area contributed by atoms with Gasteiger partial charge in [-0.05, 0) is 12.8 Å². The van der Waals surface area contributed by atoms with Crippen LogP contribution < -0.4 is 5.14 Å². The van der Waals surface area contributed by atoms with Crippen LogP contribution in [-0.4, -0.2) is 18.6 Å². The lowest BCUT2D eigenvalue weighted by atomic mass is 10.3. The zero-order valence-electron chi connectivity index (χ0n) is 6.32. The molecular formula is C6H9N3O2S. The van der Waals surface area contributed by atoms with Crippen LogP contribution in [0.5, 0.6) is 0 Å². The van der Waals surface area contributed by atoms with E-state index in [0.29, 0.717) is 11.6 Å². The standard InChI is InChI=1S/C6H9N3O2S/c7-12(10,11)5-3-8-9-6(5)4-1-2-4/h3-4H,1-2H2,(H,8,9)(H2,7,10,11). The highest BCUT2D eigenvalue weighted by atomic mass is 32.2. The van der Waals surface area contributed by atoms with Crippen LogP contribution in [0.3, 0.4) is 0 Å². The zero-order valence-corrected chi connectivity index (χ0v) is 7.13. The Morgan fingerprint density at radius 1 is 1.58 bits per heavy atom. The van der Waals surface area contributed by atoms with Crippen LogP contribution in [0.4, 0.5) is 0 Å². The largest absolute Gasteiger partial charge is 0.281 e. The van der Waals surface area contributed by atoms with Crippen molar-refractivity contribution < 1.29 is 8.42 Å². The van der Waals surface area contributed by atoms with Gasteiger partial charge in [-0.2, -0.15) is 5.10 Å². The summed E-state index contributed by atoms with van der Waals surface area (Å²) in [5.41, 5.74) is 0.664. The summed E-state index contributed by atoms with van der Waals surface area (Å²) in [6, 6.07) is 0. The van der Waals surface area contributed by atoms with Gasteiger partial charge in [0, 0.05) is 5.92 Å². The van der Waals surface area contributed by atoms with E-state index in [4.69, 9.17) is 5.14 Å². The van der Waals surface area contributed by atoms with Crippen molar-refractivity contribution in [2.45, 2.75) is 23.7 Å². The van der Waals surface area contributed by atoms with Gasteiger partial charge < -0.3 is 0 Å². The van der Waals surface area contributed by atoms with Gasteiger partial charge in [0.05, 0.1) is 11.9 Å².